The number of nitro groups is 1. The Balaban J connectivity index is 1.94. The molecule has 1 unspecified atom stereocenters. The lowest BCUT2D eigenvalue weighted by Gasteiger charge is -2.14. The Bertz CT molecular complexity index is 804. The van der Waals surface area contributed by atoms with Crippen LogP contribution in [0, 0.1) is 17.0 Å². The van der Waals surface area contributed by atoms with Gasteiger partial charge in [0.05, 0.1) is 11.3 Å². The van der Waals surface area contributed by atoms with E-state index in [-0.39, 0.29) is 17.8 Å². The van der Waals surface area contributed by atoms with Crippen molar-refractivity contribution in [3.05, 3.63) is 69.8 Å². The molecule has 0 fully saturated rings. The van der Waals surface area contributed by atoms with Crippen molar-refractivity contribution in [3.63, 3.8) is 0 Å². The Labute approximate surface area is 144 Å². The summed E-state index contributed by atoms with van der Waals surface area (Å²) in [4.78, 5) is 34.3. The van der Waals surface area contributed by atoms with Crippen LogP contribution in [0.15, 0.2) is 48.5 Å². The number of benzene rings is 2. The first kappa shape index (κ1) is 18.1. The summed E-state index contributed by atoms with van der Waals surface area (Å²) in [6.45, 7) is 3.34. The lowest BCUT2D eigenvalue weighted by atomic mass is 10.1. The van der Waals surface area contributed by atoms with E-state index in [0.29, 0.717) is 0 Å². The summed E-state index contributed by atoms with van der Waals surface area (Å²) in [5.41, 5.74) is 1.93. The number of nitrogens with zero attached hydrogens (tertiary/aromatic N) is 1. The second-order valence-electron chi connectivity index (χ2n) is 5.53. The summed E-state index contributed by atoms with van der Waals surface area (Å²) >= 11 is 0. The van der Waals surface area contributed by atoms with Crippen LogP contribution in [0.4, 0.5) is 11.4 Å². The van der Waals surface area contributed by atoms with Crippen molar-refractivity contribution >= 4 is 23.3 Å². The SMILES string of the molecule is Cc1ccccc1CC(=O)OC(C)C(=O)Nc1cccc([N+](=O)[O-])c1. The van der Waals surface area contributed by atoms with Gasteiger partial charge in [-0.15, -0.1) is 0 Å². The third-order valence-corrected chi connectivity index (χ3v) is 3.60. The zero-order valence-corrected chi connectivity index (χ0v) is 13.9. The van der Waals surface area contributed by atoms with Crippen molar-refractivity contribution in [2.24, 2.45) is 0 Å². The smallest absolute Gasteiger partial charge is 0.311 e. The monoisotopic (exact) mass is 342 g/mol. The van der Waals surface area contributed by atoms with Gasteiger partial charge in [0.25, 0.3) is 11.6 Å². The first-order chi connectivity index (χ1) is 11.9. The molecular formula is C18H18N2O5. The molecule has 1 atom stereocenters. The van der Waals surface area contributed by atoms with Crippen molar-refractivity contribution in [2.45, 2.75) is 26.4 Å². The highest BCUT2D eigenvalue weighted by Gasteiger charge is 2.19. The third kappa shape index (κ3) is 5.13. The molecule has 0 aliphatic carbocycles. The Morgan fingerprint density at radius 3 is 2.60 bits per heavy atom. The number of non-ortho nitro benzene ring substituents is 1. The first-order valence-electron chi connectivity index (χ1n) is 7.66. The summed E-state index contributed by atoms with van der Waals surface area (Å²) in [6, 6.07) is 13.0. The van der Waals surface area contributed by atoms with Gasteiger partial charge in [-0.3, -0.25) is 19.7 Å². The maximum absolute atomic E-state index is 12.1. The number of anilines is 1. The van der Waals surface area contributed by atoms with Gasteiger partial charge >= 0.3 is 5.97 Å². The minimum Gasteiger partial charge on any atom is -0.452 e. The largest absolute Gasteiger partial charge is 0.452 e. The number of nitro benzene ring substituents is 1. The molecule has 0 radical (unpaired) electrons. The van der Waals surface area contributed by atoms with Crippen molar-refractivity contribution in [2.75, 3.05) is 5.32 Å². The van der Waals surface area contributed by atoms with Crippen LogP contribution < -0.4 is 5.32 Å². The van der Waals surface area contributed by atoms with E-state index in [1.807, 2.05) is 31.2 Å². The molecule has 0 saturated heterocycles. The highest BCUT2D eigenvalue weighted by molar-refractivity contribution is 5.95. The van der Waals surface area contributed by atoms with Crippen LogP contribution in [-0.4, -0.2) is 22.9 Å². The Morgan fingerprint density at radius 2 is 1.92 bits per heavy atom. The van der Waals surface area contributed by atoms with Gasteiger partial charge in [-0.05, 0) is 31.0 Å². The van der Waals surface area contributed by atoms with Gasteiger partial charge in [0.15, 0.2) is 6.10 Å². The molecule has 130 valence electrons. The Morgan fingerprint density at radius 1 is 1.20 bits per heavy atom. The maximum Gasteiger partial charge on any atom is 0.311 e. The van der Waals surface area contributed by atoms with E-state index in [2.05, 4.69) is 5.32 Å². The fraction of sp³-hybridized carbons (Fsp3) is 0.222. The summed E-state index contributed by atoms with van der Waals surface area (Å²) in [5, 5.41) is 13.2. The molecular weight excluding hydrogens is 324 g/mol. The fourth-order valence-electron chi connectivity index (χ4n) is 2.20. The first-order valence-corrected chi connectivity index (χ1v) is 7.66. The van der Waals surface area contributed by atoms with Crippen LogP contribution in [0.1, 0.15) is 18.1 Å². The lowest BCUT2D eigenvalue weighted by Crippen LogP contribution is -2.30. The number of esters is 1. The van der Waals surface area contributed by atoms with E-state index in [1.165, 1.54) is 31.2 Å². The predicted molar refractivity (Wildman–Crippen MR) is 92.2 cm³/mol. The number of hydrogen-bond acceptors (Lipinski definition) is 5. The zero-order valence-electron chi connectivity index (χ0n) is 13.9. The number of nitrogens with one attached hydrogen (secondary N) is 1. The van der Waals surface area contributed by atoms with Crippen LogP contribution in [0.5, 0.6) is 0 Å². The summed E-state index contributed by atoms with van der Waals surface area (Å²) in [6.07, 6.45) is -0.947. The van der Waals surface area contributed by atoms with Gasteiger partial charge in [-0.1, -0.05) is 30.3 Å². The second-order valence-corrected chi connectivity index (χ2v) is 5.53. The minimum atomic E-state index is -1.02. The molecule has 2 aromatic carbocycles. The summed E-state index contributed by atoms with van der Waals surface area (Å²) in [7, 11) is 0. The van der Waals surface area contributed by atoms with Crippen LogP contribution in [0.3, 0.4) is 0 Å². The van der Waals surface area contributed by atoms with E-state index in [1.54, 1.807) is 0 Å². The van der Waals surface area contributed by atoms with Crippen molar-refractivity contribution in [1.82, 2.24) is 0 Å². The molecule has 7 nitrogen and oxygen atoms in total. The Kier molecular flexibility index (Phi) is 5.84. The molecule has 1 amide bonds. The number of amides is 1. The predicted octanol–water partition coefficient (Wildman–Crippen LogP) is 3.02. The van der Waals surface area contributed by atoms with Gasteiger partial charge in [0.2, 0.25) is 0 Å². The topological polar surface area (TPSA) is 98.5 Å². The number of hydrogen-bond donors (Lipinski definition) is 1. The maximum atomic E-state index is 12.1. The number of carbonyl (C=O) groups excluding carboxylic acids is 2. The van der Waals surface area contributed by atoms with Gasteiger partial charge in [0, 0.05) is 17.8 Å². The summed E-state index contributed by atoms with van der Waals surface area (Å²) < 4.78 is 5.14. The molecule has 0 saturated carbocycles. The quantitative estimate of drug-likeness (QED) is 0.494. The zero-order chi connectivity index (χ0) is 18.4. The lowest BCUT2D eigenvalue weighted by molar-refractivity contribution is -0.384. The van der Waals surface area contributed by atoms with E-state index < -0.39 is 22.9 Å². The standard InChI is InChI=1S/C18H18N2O5/c1-12-6-3-4-7-14(12)10-17(21)25-13(2)18(22)19-15-8-5-9-16(11-15)20(23)24/h3-9,11,13H,10H2,1-2H3,(H,19,22). The average Bonchev–Trinajstić information content (AvgIpc) is 2.57. The summed E-state index contributed by atoms with van der Waals surface area (Å²) in [5.74, 6) is -1.07. The van der Waals surface area contributed by atoms with Crippen LogP contribution in [0.25, 0.3) is 0 Å². The van der Waals surface area contributed by atoms with Crippen molar-refractivity contribution < 1.29 is 19.2 Å². The van der Waals surface area contributed by atoms with E-state index in [4.69, 9.17) is 4.74 Å². The normalized spacial score (nSPS) is 11.4. The van der Waals surface area contributed by atoms with Crippen molar-refractivity contribution in [1.29, 1.82) is 0 Å². The molecule has 0 heterocycles. The number of rotatable bonds is 6. The number of ether oxygens (including phenoxy) is 1. The molecule has 0 aliphatic heterocycles. The van der Waals surface area contributed by atoms with E-state index in [9.17, 15) is 19.7 Å². The van der Waals surface area contributed by atoms with Crippen molar-refractivity contribution in [3.8, 4) is 0 Å². The third-order valence-electron chi connectivity index (χ3n) is 3.60. The molecule has 0 spiro atoms. The fourth-order valence-corrected chi connectivity index (χ4v) is 2.20. The second kappa shape index (κ2) is 8.05. The molecule has 7 heteroatoms. The van der Waals surface area contributed by atoms with Crippen LogP contribution in [0.2, 0.25) is 0 Å². The molecule has 0 aliphatic rings. The van der Waals surface area contributed by atoms with Gasteiger partial charge < -0.3 is 10.1 Å². The van der Waals surface area contributed by atoms with Crippen LogP contribution in [-0.2, 0) is 20.7 Å². The molecule has 2 rings (SSSR count). The molecule has 25 heavy (non-hydrogen) atoms. The van der Waals surface area contributed by atoms with Gasteiger partial charge in [-0.25, -0.2) is 0 Å². The minimum absolute atomic E-state index is 0.0705. The average molecular weight is 342 g/mol. The van der Waals surface area contributed by atoms with E-state index in [0.717, 1.165) is 11.1 Å². The van der Waals surface area contributed by atoms with Crippen LogP contribution >= 0.6 is 0 Å². The molecule has 0 aromatic heterocycles. The molecule has 0 bridgehead atoms. The van der Waals surface area contributed by atoms with Gasteiger partial charge in [-0.2, -0.15) is 0 Å². The number of aryl methyl sites for hydroxylation is 1. The molecule has 2 aromatic rings. The highest BCUT2D eigenvalue weighted by atomic mass is 16.6. The number of carbonyl (C=O) groups is 2. The highest BCUT2D eigenvalue weighted by Crippen LogP contribution is 2.17. The van der Waals surface area contributed by atoms with Gasteiger partial charge in [0.1, 0.15) is 0 Å². The Hall–Kier alpha value is -3.22. The van der Waals surface area contributed by atoms with E-state index >= 15 is 0 Å². The molecule has 1 N–H and O–H groups in total.